The van der Waals surface area contributed by atoms with Crippen molar-refractivity contribution in [3.63, 3.8) is 0 Å². The molecule has 8 heteroatoms. The molecule has 1 saturated heterocycles. The first kappa shape index (κ1) is 17.6. The highest BCUT2D eigenvalue weighted by molar-refractivity contribution is 5.75. The minimum Gasteiger partial charge on any atom is -0.370 e. The van der Waals surface area contributed by atoms with E-state index < -0.39 is 11.7 Å². The van der Waals surface area contributed by atoms with E-state index in [1.165, 1.54) is 6.20 Å². The molecule has 0 spiro atoms. The summed E-state index contributed by atoms with van der Waals surface area (Å²) in [5.74, 6) is 0.00550. The molecule has 1 fully saturated rings. The lowest BCUT2D eigenvalue weighted by Crippen LogP contribution is -2.42. The lowest BCUT2D eigenvalue weighted by Gasteiger charge is -2.31. The first-order valence-electron chi connectivity index (χ1n) is 8.71. The Bertz CT molecular complexity index is 919. The maximum absolute atomic E-state index is 13.8. The van der Waals surface area contributed by atoms with Crippen molar-refractivity contribution in [3.05, 3.63) is 47.3 Å². The molecule has 2 aliphatic heterocycles. The summed E-state index contributed by atoms with van der Waals surface area (Å²) in [7, 11) is 1.74. The number of nitriles is 1. The highest BCUT2D eigenvalue weighted by atomic mass is 19.4. The number of fused-ring (bicyclic) bond motifs is 3. The van der Waals surface area contributed by atoms with Gasteiger partial charge in [-0.2, -0.15) is 18.4 Å². The number of alkyl halides is 3. The first-order valence-corrected chi connectivity index (χ1v) is 8.71. The predicted molar refractivity (Wildman–Crippen MR) is 96.1 cm³/mol. The number of likely N-dealkylation sites (N-methyl/N-ethyl adjacent to an activating group) is 1. The van der Waals surface area contributed by atoms with Crippen molar-refractivity contribution in [2.75, 3.05) is 30.4 Å². The van der Waals surface area contributed by atoms with E-state index in [1.54, 1.807) is 30.1 Å². The lowest BCUT2D eigenvalue weighted by atomic mass is 9.89. The molecule has 3 heterocycles. The number of piperidine rings is 1. The van der Waals surface area contributed by atoms with E-state index in [1.807, 2.05) is 6.07 Å². The van der Waals surface area contributed by atoms with Gasteiger partial charge in [0.2, 0.25) is 0 Å². The molecule has 2 unspecified atom stereocenters. The number of aromatic nitrogens is 1. The Balaban J connectivity index is 1.83. The highest BCUT2D eigenvalue weighted by Crippen LogP contribution is 2.50. The summed E-state index contributed by atoms with van der Waals surface area (Å²) in [5.41, 5.74) is 1.14. The van der Waals surface area contributed by atoms with Crippen LogP contribution in [0.1, 0.15) is 29.2 Å². The van der Waals surface area contributed by atoms with Crippen molar-refractivity contribution in [2.24, 2.45) is 0 Å². The van der Waals surface area contributed by atoms with Crippen molar-refractivity contribution in [2.45, 2.75) is 24.6 Å². The van der Waals surface area contributed by atoms with Gasteiger partial charge in [-0.25, -0.2) is 4.98 Å². The van der Waals surface area contributed by atoms with E-state index in [-0.39, 0.29) is 23.3 Å². The summed E-state index contributed by atoms with van der Waals surface area (Å²) in [6.45, 7) is 1.45. The summed E-state index contributed by atoms with van der Waals surface area (Å²) in [6.07, 6.45) is -2.19. The minimum absolute atomic E-state index is 0.00550. The number of nitrogens with one attached hydrogen (secondary N) is 2. The Kier molecular flexibility index (Phi) is 4.19. The van der Waals surface area contributed by atoms with E-state index >= 15 is 0 Å². The zero-order chi connectivity index (χ0) is 19.2. The molecule has 2 aliphatic rings. The maximum atomic E-state index is 13.8. The van der Waals surface area contributed by atoms with Crippen molar-refractivity contribution in [1.82, 2.24) is 10.3 Å². The van der Waals surface area contributed by atoms with E-state index in [9.17, 15) is 18.4 Å². The zero-order valence-corrected chi connectivity index (χ0v) is 14.6. The standard InChI is InChI=1S/C19H18F3N5/c1-27-17-4-6-24-10-13(17)12-7-11(8-14(18(12)27)19(20,21)22)26-15-3-2-5-25-16(15)9-23/h2-3,5,7-8,13,17,24,26H,4,6,10H2,1H3. The summed E-state index contributed by atoms with van der Waals surface area (Å²) in [4.78, 5) is 5.73. The Labute approximate surface area is 154 Å². The first-order chi connectivity index (χ1) is 12.9. The molecule has 0 amide bonds. The third kappa shape index (κ3) is 2.98. The van der Waals surface area contributed by atoms with Crippen LogP contribution in [-0.4, -0.2) is 31.2 Å². The van der Waals surface area contributed by atoms with Gasteiger partial charge in [0.1, 0.15) is 6.07 Å². The number of hydrogen-bond acceptors (Lipinski definition) is 5. The van der Waals surface area contributed by atoms with Crippen LogP contribution in [-0.2, 0) is 6.18 Å². The SMILES string of the molecule is CN1c2c(cc(Nc3cccnc3C#N)cc2C(F)(F)F)C2CNCCC21. The largest absolute Gasteiger partial charge is 0.418 e. The number of halogens is 3. The van der Waals surface area contributed by atoms with Gasteiger partial charge < -0.3 is 15.5 Å². The molecule has 2 N–H and O–H groups in total. The van der Waals surface area contributed by atoms with Gasteiger partial charge in [-0.05, 0) is 42.8 Å². The number of anilines is 3. The second-order valence-electron chi connectivity index (χ2n) is 6.87. The number of benzene rings is 1. The Morgan fingerprint density at radius 1 is 1.37 bits per heavy atom. The molecule has 5 nitrogen and oxygen atoms in total. The third-order valence-corrected chi connectivity index (χ3v) is 5.33. The van der Waals surface area contributed by atoms with Crippen LogP contribution in [0, 0.1) is 11.3 Å². The van der Waals surface area contributed by atoms with Gasteiger partial charge in [-0.15, -0.1) is 0 Å². The predicted octanol–water partition coefficient (Wildman–Crippen LogP) is 3.61. The van der Waals surface area contributed by atoms with Gasteiger partial charge in [-0.1, -0.05) is 0 Å². The van der Waals surface area contributed by atoms with Gasteiger partial charge in [0.25, 0.3) is 0 Å². The van der Waals surface area contributed by atoms with Crippen LogP contribution in [0.3, 0.4) is 0 Å². The van der Waals surface area contributed by atoms with Crippen molar-refractivity contribution in [1.29, 1.82) is 5.26 Å². The molecular weight excluding hydrogens is 355 g/mol. The number of nitrogens with zero attached hydrogens (tertiary/aromatic N) is 3. The van der Waals surface area contributed by atoms with Crippen LogP contribution in [0.4, 0.5) is 30.2 Å². The monoisotopic (exact) mass is 373 g/mol. The van der Waals surface area contributed by atoms with Crippen LogP contribution in [0.5, 0.6) is 0 Å². The number of hydrogen-bond donors (Lipinski definition) is 2. The molecule has 0 aliphatic carbocycles. The highest BCUT2D eigenvalue weighted by Gasteiger charge is 2.45. The smallest absolute Gasteiger partial charge is 0.370 e. The van der Waals surface area contributed by atoms with E-state index in [0.717, 1.165) is 19.0 Å². The molecule has 1 aromatic heterocycles. The van der Waals surface area contributed by atoms with Crippen molar-refractivity contribution < 1.29 is 13.2 Å². The molecule has 2 aromatic rings. The summed E-state index contributed by atoms with van der Waals surface area (Å²) < 4.78 is 41.5. The molecular formula is C19H18F3N5. The normalized spacial score (nSPS) is 21.4. The van der Waals surface area contributed by atoms with Crippen LogP contribution >= 0.6 is 0 Å². The quantitative estimate of drug-likeness (QED) is 0.842. The molecule has 4 rings (SSSR count). The molecule has 1 aromatic carbocycles. The Hall–Kier alpha value is -2.79. The lowest BCUT2D eigenvalue weighted by molar-refractivity contribution is -0.137. The fourth-order valence-corrected chi connectivity index (χ4v) is 4.16. The van der Waals surface area contributed by atoms with Gasteiger partial charge in [-0.3, -0.25) is 0 Å². The fourth-order valence-electron chi connectivity index (χ4n) is 4.16. The number of pyridine rings is 1. The second kappa shape index (κ2) is 6.43. The Morgan fingerprint density at radius 3 is 2.93 bits per heavy atom. The minimum atomic E-state index is -4.47. The molecule has 140 valence electrons. The average molecular weight is 373 g/mol. The van der Waals surface area contributed by atoms with Crippen molar-refractivity contribution >= 4 is 17.1 Å². The fraction of sp³-hybridized carbons (Fsp3) is 0.368. The number of rotatable bonds is 2. The van der Waals surface area contributed by atoms with E-state index in [4.69, 9.17) is 0 Å². The third-order valence-electron chi connectivity index (χ3n) is 5.33. The van der Waals surface area contributed by atoms with Gasteiger partial charge in [0, 0.05) is 37.4 Å². The van der Waals surface area contributed by atoms with E-state index in [0.29, 0.717) is 23.5 Å². The van der Waals surface area contributed by atoms with Crippen LogP contribution in [0.25, 0.3) is 0 Å². The topological polar surface area (TPSA) is 64.0 Å². The summed E-state index contributed by atoms with van der Waals surface area (Å²) >= 11 is 0. The van der Waals surface area contributed by atoms with Crippen LogP contribution in [0.15, 0.2) is 30.5 Å². The van der Waals surface area contributed by atoms with Gasteiger partial charge >= 0.3 is 6.18 Å². The summed E-state index contributed by atoms with van der Waals surface area (Å²) in [5, 5.41) is 15.4. The van der Waals surface area contributed by atoms with Gasteiger partial charge in [0.05, 0.1) is 16.9 Å². The van der Waals surface area contributed by atoms with Crippen molar-refractivity contribution in [3.8, 4) is 6.07 Å². The average Bonchev–Trinajstić information content (AvgIpc) is 2.94. The molecule has 0 saturated carbocycles. The second-order valence-corrected chi connectivity index (χ2v) is 6.87. The Morgan fingerprint density at radius 2 is 2.19 bits per heavy atom. The molecule has 0 bridgehead atoms. The summed E-state index contributed by atoms with van der Waals surface area (Å²) in [6, 6.07) is 8.17. The van der Waals surface area contributed by atoms with Gasteiger partial charge in [0.15, 0.2) is 5.69 Å². The van der Waals surface area contributed by atoms with Crippen LogP contribution in [0.2, 0.25) is 0 Å². The molecule has 27 heavy (non-hydrogen) atoms. The molecule has 2 atom stereocenters. The van der Waals surface area contributed by atoms with E-state index in [2.05, 4.69) is 15.6 Å². The molecule has 0 radical (unpaired) electrons. The maximum Gasteiger partial charge on any atom is 0.418 e. The zero-order valence-electron chi connectivity index (χ0n) is 14.6. The van der Waals surface area contributed by atoms with Crippen LogP contribution < -0.4 is 15.5 Å².